The minimum atomic E-state index is -3.52. The zero-order valence-corrected chi connectivity index (χ0v) is 12.6. The number of sulfone groups is 1. The summed E-state index contributed by atoms with van der Waals surface area (Å²) in [5, 5.41) is 0. The van der Waals surface area contributed by atoms with Crippen molar-refractivity contribution in [1.29, 1.82) is 0 Å². The van der Waals surface area contributed by atoms with E-state index < -0.39 is 19.9 Å². The number of hydrogen-bond donors (Lipinski definition) is 0. The summed E-state index contributed by atoms with van der Waals surface area (Å²) < 4.78 is 47.0. The molecule has 0 unspecified atom stereocenters. The normalized spacial score (nSPS) is 13.2. The molecule has 0 saturated carbocycles. The van der Waals surface area contributed by atoms with E-state index in [1.807, 2.05) is 6.92 Å². The minimum absolute atomic E-state index is 0.210. The molecule has 0 aliphatic heterocycles. The Morgan fingerprint density at radius 3 is 2.06 bits per heavy atom. The predicted octanol–water partition coefficient (Wildman–Crippen LogP) is 0.702. The lowest BCUT2D eigenvalue weighted by Crippen LogP contribution is -2.37. The largest absolute Gasteiger partial charge is 0.229 e. The highest BCUT2D eigenvalue weighted by Gasteiger charge is 2.22. The van der Waals surface area contributed by atoms with Crippen LogP contribution in [0.15, 0.2) is 0 Å². The highest BCUT2D eigenvalue weighted by Crippen LogP contribution is 2.06. The van der Waals surface area contributed by atoms with Gasteiger partial charge in [0.25, 0.3) is 0 Å². The fourth-order valence-corrected chi connectivity index (χ4v) is 4.60. The van der Waals surface area contributed by atoms with Crippen molar-refractivity contribution in [2.45, 2.75) is 19.8 Å². The van der Waals surface area contributed by atoms with Gasteiger partial charge in [0, 0.05) is 25.2 Å². The molecule has 0 amide bonds. The number of sulfonamides is 1. The topological polar surface area (TPSA) is 71.5 Å². The first-order chi connectivity index (χ1) is 7.73. The monoisotopic (exact) mass is 305 g/mol. The van der Waals surface area contributed by atoms with Crippen LogP contribution in [0.4, 0.5) is 0 Å². The van der Waals surface area contributed by atoms with Crippen LogP contribution in [0.3, 0.4) is 0 Å². The smallest absolute Gasteiger partial charge is 0.215 e. The van der Waals surface area contributed by atoms with E-state index in [-0.39, 0.29) is 23.9 Å². The molecule has 104 valence electrons. The lowest BCUT2D eigenvalue weighted by Gasteiger charge is -2.20. The number of rotatable bonds is 9. The predicted molar refractivity (Wildman–Crippen MR) is 70.7 cm³/mol. The summed E-state index contributed by atoms with van der Waals surface area (Å²) in [6.07, 6.45) is 2.65. The van der Waals surface area contributed by atoms with Crippen LogP contribution in [-0.4, -0.2) is 57.9 Å². The summed E-state index contributed by atoms with van der Waals surface area (Å²) in [5.74, 6) is -0.505. The van der Waals surface area contributed by atoms with Crippen molar-refractivity contribution in [2.75, 3.05) is 36.7 Å². The van der Waals surface area contributed by atoms with E-state index in [1.165, 1.54) is 4.31 Å². The molecule has 17 heavy (non-hydrogen) atoms. The van der Waals surface area contributed by atoms with Crippen molar-refractivity contribution in [1.82, 2.24) is 4.31 Å². The van der Waals surface area contributed by atoms with Gasteiger partial charge in [-0.15, -0.1) is 11.6 Å². The molecule has 0 heterocycles. The standard InChI is InChI=1S/C9H20ClNO4S2/c1-3-4-6-11(7-5-10)17(14,15)9-8-16(2,12)13/h3-9H2,1-2H3. The molecule has 0 N–H and O–H groups in total. The SMILES string of the molecule is CCCCN(CCCl)S(=O)(=O)CCS(C)(=O)=O. The molecule has 0 radical (unpaired) electrons. The third kappa shape index (κ3) is 7.96. The van der Waals surface area contributed by atoms with Gasteiger partial charge >= 0.3 is 0 Å². The molecule has 0 aromatic rings. The van der Waals surface area contributed by atoms with Gasteiger partial charge in [0.15, 0.2) is 0 Å². The number of nitrogens with zero attached hydrogens (tertiary/aromatic N) is 1. The molecule has 5 nitrogen and oxygen atoms in total. The molecule has 0 atom stereocenters. The van der Waals surface area contributed by atoms with E-state index in [0.29, 0.717) is 6.54 Å². The average Bonchev–Trinajstić information content (AvgIpc) is 2.20. The Morgan fingerprint density at radius 1 is 1.06 bits per heavy atom. The molecule has 0 aromatic carbocycles. The molecule has 0 aliphatic rings. The highest BCUT2D eigenvalue weighted by atomic mass is 35.5. The van der Waals surface area contributed by atoms with E-state index in [9.17, 15) is 16.8 Å². The van der Waals surface area contributed by atoms with Crippen molar-refractivity contribution >= 4 is 31.5 Å². The third-order valence-electron chi connectivity index (χ3n) is 2.20. The van der Waals surface area contributed by atoms with Crippen LogP contribution in [-0.2, 0) is 19.9 Å². The van der Waals surface area contributed by atoms with Gasteiger partial charge in [0.2, 0.25) is 10.0 Å². The lowest BCUT2D eigenvalue weighted by molar-refractivity contribution is 0.421. The Morgan fingerprint density at radius 2 is 1.65 bits per heavy atom. The van der Waals surface area contributed by atoms with E-state index in [4.69, 9.17) is 11.6 Å². The number of hydrogen-bond acceptors (Lipinski definition) is 4. The Labute approximate surface area is 109 Å². The fraction of sp³-hybridized carbons (Fsp3) is 1.00. The van der Waals surface area contributed by atoms with Gasteiger partial charge in [-0.1, -0.05) is 13.3 Å². The Bertz CT molecular complexity index is 405. The Hall–Kier alpha value is 0.150. The summed E-state index contributed by atoms with van der Waals surface area (Å²) in [6.45, 7) is 2.59. The first kappa shape index (κ1) is 17.2. The van der Waals surface area contributed by atoms with Crippen LogP contribution in [0.2, 0.25) is 0 Å². The second-order valence-electron chi connectivity index (χ2n) is 3.89. The van der Waals surface area contributed by atoms with Gasteiger partial charge in [-0.2, -0.15) is 0 Å². The number of unbranched alkanes of at least 4 members (excludes halogenated alkanes) is 1. The summed E-state index contributed by atoms with van der Waals surface area (Å²) in [6, 6.07) is 0. The maximum Gasteiger partial charge on any atom is 0.215 e. The van der Waals surface area contributed by atoms with Gasteiger partial charge in [-0.05, 0) is 6.42 Å². The van der Waals surface area contributed by atoms with Crippen LogP contribution in [0.5, 0.6) is 0 Å². The van der Waals surface area contributed by atoms with Crippen LogP contribution in [0, 0.1) is 0 Å². The maximum atomic E-state index is 11.9. The average molecular weight is 306 g/mol. The molecular formula is C9H20ClNO4S2. The van der Waals surface area contributed by atoms with Crippen molar-refractivity contribution in [3.63, 3.8) is 0 Å². The molecule has 0 saturated heterocycles. The first-order valence-corrected chi connectivity index (χ1v) is 9.65. The van der Waals surface area contributed by atoms with Gasteiger partial charge in [0.1, 0.15) is 9.84 Å². The maximum absolute atomic E-state index is 11.9. The molecular weight excluding hydrogens is 286 g/mol. The number of halogens is 1. The van der Waals surface area contributed by atoms with E-state index in [2.05, 4.69) is 0 Å². The van der Waals surface area contributed by atoms with E-state index in [0.717, 1.165) is 19.1 Å². The fourth-order valence-electron chi connectivity index (χ4n) is 1.20. The molecule has 0 spiro atoms. The zero-order chi connectivity index (χ0) is 13.5. The van der Waals surface area contributed by atoms with Crippen LogP contribution >= 0.6 is 11.6 Å². The van der Waals surface area contributed by atoms with Crippen LogP contribution < -0.4 is 0 Å². The lowest BCUT2D eigenvalue weighted by atomic mass is 10.3. The Kier molecular flexibility index (Phi) is 7.62. The summed E-state index contributed by atoms with van der Waals surface area (Å²) in [7, 11) is -6.79. The second kappa shape index (κ2) is 7.56. The van der Waals surface area contributed by atoms with Crippen molar-refractivity contribution < 1.29 is 16.8 Å². The molecule has 0 rings (SSSR count). The molecule has 0 aliphatic carbocycles. The molecule has 0 bridgehead atoms. The first-order valence-electron chi connectivity index (χ1n) is 5.44. The van der Waals surface area contributed by atoms with Crippen molar-refractivity contribution in [3.05, 3.63) is 0 Å². The quantitative estimate of drug-likeness (QED) is 0.588. The third-order valence-corrected chi connectivity index (χ3v) is 5.45. The minimum Gasteiger partial charge on any atom is -0.229 e. The second-order valence-corrected chi connectivity index (χ2v) is 8.61. The van der Waals surface area contributed by atoms with Crippen LogP contribution in [0.1, 0.15) is 19.8 Å². The van der Waals surface area contributed by atoms with Crippen LogP contribution in [0.25, 0.3) is 0 Å². The number of alkyl halides is 1. The van der Waals surface area contributed by atoms with Crippen molar-refractivity contribution in [2.24, 2.45) is 0 Å². The zero-order valence-electron chi connectivity index (χ0n) is 10.2. The van der Waals surface area contributed by atoms with Gasteiger partial charge < -0.3 is 0 Å². The van der Waals surface area contributed by atoms with Gasteiger partial charge in [0.05, 0.1) is 11.5 Å². The highest BCUT2D eigenvalue weighted by molar-refractivity contribution is 7.93. The molecule has 0 aromatic heterocycles. The summed E-state index contributed by atoms with van der Waals surface area (Å²) in [4.78, 5) is 0. The van der Waals surface area contributed by atoms with Gasteiger partial charge in [-0.25, -0.2) is 21.1 Å². The van der Waals surface area contributed by atoms with Gasteiger partial charge in [-0.3, -0.25) is 0 Å². The Balaban J connectivity index is 4.59. The molecule has 8 heteroatoms. The van der Waals surface area contributed by atoms with E-state index in [1.54, 1.807) is 0 Å². The summed E-state index contributed by atoms with van der Waals surface area (Å²) in [5.41, 5.74) is 0. The van der Waals surface area contributed by atoms with Crippen molar-refractivity contribution in [3.8, 4) is 0 Å². The molecule has 0 fully saturated rings. The summed E-state index contributed by atoms with van der Waals surface area (Å²) >= 11 is 5.55. The van der Waals surface area contributed by atoms with E-state index >= 15 is 0 Å².